The lowest BCUT2D eigenvalue weighted by Gasteiger charge is -2.16. The van der Waals surface area contributed by atoms with Crippen molar-refractivity contribution in [1.82, 2.24) is 19.5 Å². The second-order valence-electron chi connectivity index (χ2n) is 4.75. The number of hydrogen-bond donors (Lipinski definition) is 4. The molecule has 13 heteroatoms. The van der Waals surface area contributed by atoms with Gasteiger partial charge in [0, 0.05) is 0 Å². The molecule has 0 radical (unpaired) electrons. The van der Waals surface area contributed by atoms with Gasteiger partial charge in [-0.1, -0.05) is 0 Å². The van der Waals surface area contributed by atoms with E-state index in [2.05, 4.69) is 15.0 Å². The molecule has 124 valence electrons. The molecule has 0 saturated carbocycles. The normalized spacial score (nSPS) is 27.6. The molecule has 0 aliphatic carbocycles. The fourth-order valence-corrected chi connectivity index (χ4v) is 2.84. The third-order valence-electron chi connectivity index (χ3n) is 3.36. The van der Waals surface area contributed by atoms with Crippen molar-refractivity contribution < 1.29 is 24.4 Å². The number of ether oxygens (including phenoxy) is 1. The van der Waals surface area contributed by atoms with E-state index < -0.39 is 35.5 Å². The van der Waals surface area contributed by atoms with Gasteiger partial charge in [0.25, 0.3) is 11.9 Å². The number of nitrogens with zero attached hydrogens (tertiary/aromatic N) is 5. The Morgan fingerprint density at radius 2 is 2.17 bits per heavy atom. The van der Waals surface area contributed by atoms with Crippen LogP contribution < -0.4 is 5.73 Å². The average Bonchev–Trinajstić information content (AvgIpc) is 3.01. The van der Waals surface area contributed by atoms with Gasteiger partial charge < -0.3 is 25.8 Å². The molecule has 0 bridgehead atoms. The van der Waals surface area contributed by atoms with Gasteiger partial charge in [-0.3, -0.25) is 14.7 Å². The van der Waals surface area contributed by atoms with Crippen LogP contribution in [0, 0.1) is 10.1 Å². The fourth-order valence-electron chi connectivity index (χ4n) is 2.34. The van der Waals surface area contributed by atoms with Crippen molar-refractivity contribution in [2.75, 3.05) is 12.3 Å². The van der Waals surface area contributed by atoms with Crippen molar-refractivity contribution in [2.45, 2.75) is 29.6 Å². The van der Waals surface area contributed by atoms with Crippen molar-refractivity contribution in [3.05, 3.63) is 16.4 Å². The second kappa shape index (κ2) is 5.86. The number of hydrogen-bond acceptors (Lipinski definition) is 11. The number of nitrogen functional groups attached to an aromatic ring is 1. The monoisotopic (exact) mass is 344 g/mol. The van der Waals surface area contributed by atoms with Gasteiger partial charge in [0.1, 0.15) is 28.2 Å². The Kier molecular flexibility index (Phi) is 4.03. The van der Waals surface area contributed by atoms with Crippen LogP contribution in [0.4, 0.5) is 5.95 Å². The quantitative estimate of drug-likeness (QED) is 0.215. The van der Waals surface area contributed by atoms with Gasteiger partial charge in [0.05, 0.1) is 12.9 Å². The van der Waals surface area contributed by atoms with Crippen LogP contribution in [-0.4, -0.2) is 64.1 Å². The minimum Gasteiger partial charge on any atom is -0.394 e. The first kappa shape index (κ1) is 15.8. The van der Waals surface area contributed by atoms with Crippen LogP contribution in [0.25, 0.3) is 11.2 Å². The van der Waals surface area contributed by atoms with E-state index in [0.717, 1.165) is 0 Å². The number of rotatable bonds is 4. The zero-order valence-corrected chi connectivity index (χ0v) is 12.2. The Labute approximate surface area is 132 Å². The zero-order chi connectivity index (χ0) is 16.7. The van der Waals surface area contributed by atoms with E-state index in [1.54, 1.807) is 0 Å². The Balaban J connectivity index is 2.06. The first-order valence-electron chi connectivity index (χ1n) is 6.37. The summed E-state index contributed by atoms with van der Waals surface area (Å²) in [6.07, 6.45) is -3.45. The molecule has 1 saturated heterocycles. The van der Waals surface area contributed by atoms with Gasteiger partial charge in [0.2, 0.25) is 11.0 Å². The van der Waals surface area contributed by atoms with Gasteiger partial charge in [-0.15, -0.1) is 0 Å². The molecular weight excluding hydrogens is 332 g/mol. The molecule has 0 unspecified atom stereocenters. The summed E-state index contributed by atoms with van der Waals surface area (Å²) in [4.78, 5) is 22.4. The van der Waals surface area contributed by atoms with Crippen LogP contribution in [0.3, 0.4) is 0 Å². The first-order valence-corrected chi connectivity index (χ1v) is 7.14. The molecule has 23 heavy (non-hydrogen) atoms. The molecular formula is C10H12N6O6S. The number of aliphatic hydroxyl groups excluding tert-OH is 3. The van der Waals surface area contributed by atoms with Crippen LogP contribution in [0.1, 0.15) is 6.23 Å². The second-order valence-corrected chi connectivity index (χ2v) is 5.62. The van der Waals surface area contributed by atoms with Gasteiger partial charge in [0.15, 0.2) is 11.9 Å². The maximum absolute atomic E-state index is 10.7. The summed E-state index contributed by atoms with van der Waals surface area (Å²) >= 11 is 0.227. The first-order chi connectivity index (χ1) is 10.9. The van der Waals surface area contributed by atoms with E-state index in [-0.39, 0.29) is 34.1 Å². The Morgan fingerprint density at radius 3 is 2.78 bits per heavy atom. The highest BCUT2D eigenvalue weighted by Gasteiger charge is 2.44. The highest BCUT2D eigenvalue weighted by Crippen LogP contribution is 2.33. The molecule has 0 amide bonds. The predicted molar refractivity (Wildman–Crippen MR) is 75.6 cm³/mol. The molecule has 3 heterocycles. The topological polar surface area (TPSA) is 183 Å². The van der Waals surface area contributed by atoms with Crippen LogP contribution in [0.15, 0.2) is 11.4 Å². The Bertz CT molecular complexity index is 755. The number of aromatic nitrogens is 4. The van der Waals surface area contributed by atoms with Crippen LogP contribution in [0.2, 0.25) is 0 Å². The molecule has 4 atom stereocenters. The third kappa shape index (κ3) is 2.68. The number of imidazole rings is 1. The Hall–Kier alpha value is -2.06. The lowest BCUT2D eigenvalue weighted by atomic mass is 10.1. The highest BCUT2D eigenvalue weighted by atomic mass is 32.2. The van der Waals surface area contributed by atoms with Crippen LogP contribution in [0.5, 0.6) is 0 Å². The third-order valence-corrected chi connectivity index (χ3v) is 3.97. The molecule has 1 fully saturated rings. The van der Waals surface area contributed by atoms with Crippen LogP contribution in [-0.2, 0) is 4.74 Å². The van der Waals surface area contributed by atoms with Crippen molar-refractivity contribution in [1.29, 1.82) is 0 Å². The summed E-state index contributed by atoms with van der Waals surface area (Å²) in [6.45, 7) is -0.485. The molecule has 1 aliphatic rings. The Morgan fingerprint density at radius 1 is 1.43 bits per heavy atom. The van der Waals surface area contributed by atoms with E-state index in [0.29, 0.717) is 0 Å². The van der Waals surface area contributed by atoms with E-state index in [1.165, 1.54) is 10.9 Å². The van der Waals surface area contributed by atoms with Crippen molar-refractivity contribution in [2.24, 2.45) is 0 Å². The summed E-state index contributed by atoms with van der Waals surface area (Å²) in [5.41, 5.74) is 5.77. The van der Waals surface area contributed by atoms with Crippen molar-refractivity contribution in [3.8, 4) is 0 Å². The molecule has 5 N–H and O–H groups in total. The van der Waals surface area contributed by atoms with Gasteiger partial charge in [-0.05, 0) is 0 Å². The summed E-state index contributed by atoms with van der Waals surface area (Å²) < 4.78 is 6.00. The molecule has 1 aliphatic heterocycles. The molecule has 2 aromatic rings. The lowest BCUT2D eigenvalue weighted by Crippen LogP contribution is -2.33. The summed E-state index contributed by atoms with van der Waals surface area (Å²) in [5.74, 6) is -0.213. The van der Waals surface area contributed by atoms with Crippen molar-refractivity contribution >= 4 is 29.1 Å². The fraction of sp³-hybridized carbons (Fsp3) is 0.500. The number of nitro groups is 1. The molecule has 3 rings (SSSR count). The van der Waals surface area contributed by atoms with Crippen molar-refractivity contribution in [3.63, 3.8) is 0 Å². The number of anilines is 1. The summed E-state index contributed by atoms with van der Waals surface area (Å²) in [7, 11) is 0. The molecule has 12 nitrogen and oxygen atoms in total. The molecule has 0 spiro atoms. The molecule has 2 aromatic heterocycles. The SMILES string of the molecule is Nc1nc(S[N+](=O)[O-])c2ncn([C@@H]3O[C@H](CO)[C@@H](O)[C@H]3O)c2n1. The number of nitrogens with two attached hydrogens (primary N) is 1. The van der Waals surface area contributed by atoms with Gasteiger partial charge in [-0.25, -0.2) is 4.98 Å². The van der Waals surface area contributed by atoms with Gasteiger partial charge in [-0.2, -0.15) is 9.97 Å². The predicted octanol–water partition coefficient (Wildman–Crippen LogP) is -1.70. The highest BCUT2D eigenvalue weighted by molar-refractivity contribution is 7.93. The minimum atomic E-state index is -1.34. The smallest absolute Gasteiger partial charge is 0.288 e. The van der Waals surface area contributed by atoms with Gasteiger partial charge >= 0.3 is 0 Å². The maximum Gasteiger partial charge on any atom is 0.288 e. The van der Waals surface area contributed by atoms with Crippen LogP contribution >= 0.6 is 11.9 Å². The number of aliphatic hydroxyl groups is 3. The standard InChI is InChI=1S/C10H12N6O6S/c11-10-13-7-4(8(14-10)23-16(20)21)12-2-15(7)9-6(19)5(18)3(1-17)22-9/h2-3,5-6,9,17-19H,1H2,(H2,11,13,14)/t3-,5-,6-,9-/m1/s1. The minimum absolute atomic E-state index is 0.0528. The summed E-state index contributed by atoms with van der Waals surface area (Å²) in [6, 6.07) is 0. The summed E-state index contributed by atoms with van der Waals surface area (Å²) in [5, 5.41) is 39.6. The van der Waals surface area contributed by atoms with E-state index in [4.69, 9.17) is 15.6 Å². The zero-order valence-electron chi connectivity index (χ0n) is 11.4. The molecule has 0 aromatic carbocycles. The largest absolute Gasteiger partial charge is 0.394 e. The number of fused-ring (bicyclic) bond motifs is 1. The van der Waals surface area contributed by atoms with E-state index in [1.807, 2.05) is 0 Å². The lowest BCUT2D eigenvalue weighted by molar-refractivity contribution is -0.284. The van der Waals surface area contributed by atoms with E-state index in [9.17, 15) is 20.3 Å². The average molecular weight is 344 g/mol. The van der Waals surface area contributed by atoms with E-state index >= 15 is 0 Å². The maximum atomic E-state index is 10.7.